The van der Waals surface area contributed by atoms with Crippen molar-refractivity contribution in [3.63, 3.8) is 0 Å². The molecule has 0 N–H and O–H groups in total. The molecule has 3 nitrogen and oxygen atoms in total. The first-order chi connectivity index (χ1) is 8.72. The summed E-state index contributed by atoms with van der Waals surface area (Å²) in [5, 5.41) is 0. The molecule has 2 atom stereocenters. The van der Waals surface area contributed by atoms with Crippen molar-refractivity contribution in [3.05, 3.63) is 29.3 Å². The van der Waals surface area contributed by atoms with Crippen molar-refractivity contribution in [2.75, 3.05) is 0 Å². The Kier molecular flexibility index (Phi) is 3.56. The smallest absolute Gasteiger partial charge is 0.397 e. The Bertz CT molecular complexity index is 421. The molecule has 1 heterocycles. The monoisotopic (exact) mass is 266 g/mol. The van der Waals surface area contributed by atoms with Gasteiger partial charge in [0.2, 0.25) is 0 Å². The lowest BCUT2D eigenvalue weighted by molar-refractivity contribution is 0.110. The van der Waals surface area contributed by atoms with Crippen molar-refractivity contribution in [3.8, 4) is 5.75 Å². The molecule has 1 aromatic carbocycles. The molecule has 2 fully saturated rings. The summed E-state index contributed by atoms with van der Waals surface area (Å²) in [6.07, 6.45) is 5.24. The third kappa shape index (κ3) is 2.54. The molecule has 3 rings (SSSR count). The number of benzene rings is 1. The zero-order valence-corrected chi connectivity index (χ0v) is 11.8. The number of hydrogen-bond donors (Lipinski definition) is 0. The van der Waals surface area contributed by atoms with Crippen LogP contribution in [-0.4, -0.2) is 12.2 Å². The van der Waals surface area contributed by atoms with Gasteiger partial charge in [0.05, 0.1) is 12.2 Å². The maximum absolute atomic E-state index is 5.87. The Balaban J connectivity index is 1.66. The standard InChI is InChI=1S/C14H19O3P/c1-10-7-8-12(11(2)9-10)15-18-16-13-5-3-4-6-14(13)17-18/h7-9,13-14H,3-6H2,1-2H3. The Morgan fingerprint density at radius 1 is 1.11 bits per heavy atom. The van der Waals surface area contributed by atoms with Crippen LogP contribution < -0.4 is 4.52 Å². The second-order valence-corrected chi connectivity index (χ2v) is 6.21. The molecule has 1 aromatic rings. The molecule has 2 unspecified atom stereocenters. The third-order valence-corrected chi connectivity index (χ3v) is 4.82. The summed E-state index contributed by atoms with van der Waals surface area (Å²) in [5.74, 6) is 0.880. The second-order valence-electron chi connectivity index (χ2n) is 5.16. The highest BCUT2D eigenvalue weighted by Crippen LogP contribution is 2.53. The van der Waals surface area contributed by atoms with Crippen LogP contribution in [0.2, 0.25) is 0 Å². The van der Waals surface area contributed by atoms with Crippen molar-refractivity contribution in [2.45, 2.75) is 51.7 Å². The van der Waals surface area contributed by atoms with Crippen LogP contribution in [0.15, 0.2) is 18.2 Å². The van der Waals surface area contributed by atoms with Gasteiger partial charge in [-0.25, -0.2) is 0 Å². The fourth-order valence-electron chi connectivity index (χ4n) is 2.58. The minimum Gasteiger partial charge on any atom is -0.426 e. The van der Waals surface area contributed by atoms with E-state index in [4.69, 9.17) is 13.6 Å². The molecule has 0 bridgehead atoms. The lowest BCUT2D eigenvalue weighted by atomic mass is 9.95. The minimum absolute atomic E-state index is 0.260. The van der Waals surface area contributed by atoms with Crippen LogP contribution in [0.3, 0.4) is 0 Å². The molecular weight excluding hydrogens is 247 g/mol. The highest BCUT2D eigenvalue weighted by atomic mass is 31.2. The minimum atomic E-state index is -1.20. The van der Waals surface area contributed by atoms with Crippen LogP contribution in [-0.2, 0) is 9.05 Å². The van der Waals surface area contributed by atoms with Crippen molar-refractivity contribution in [2.24, 2.45) is 0 Å². The molecule has 18 heavy (non-hydrogen) atoms. The SMILES string of the molecule is Cc1ccc(OP2OC3CCCCC3O2)c(C)c1. The van der Waals surface area contributed by atoms with Crippen LogP contribution in [0.5, 0.6) is 5.75 Å². The van der Waals surface area contributed by atoms with Gasteiger partial charge in [0.1, 0.15) is 5.75 Å². The number of rotatable bonds is 2. The first kappa shape index (κ1) is 12.4. The van der Waals surface area contributed by atoms with E-state index < -0.39 is 8.60 Å². The van der Waals surface area contributed by atoms with E-state index in [9.17, 15) is 0 Å². The summed E-state index contributed by atoms with van der Waals surface area (Å²) in [6, 6.07) is 6.18. The quantitative estimate of drug-likeness (QED) is 0.748. The molecule has 1 saturated carbocycles. The molecule has 1 saturated heterocycles. The molecule has 0 radical (unpaired) electrons. The van der Waals surface area contributed by atoms with E-state index in [0.29, 0.717) is 0 Å². The zero-order chi connectivity index (χ0) is 12.5. The fraction of sp³-hybridized carbons (Fsp3) is 0.571. The largest absolute Gasteiger partial charge is 0.426 e. The van der Waals surface area contributed by atoms with Crippen molar-refractivity contribution < 1.29 is 13.6 Å². The normalized spacial score (nSPS) is 31.1. The summed E-state index contributed by atoms with van der Waals surface area (Å²) in [5.41, 5.74) is 2.38. The van der Waals surface area contributed by atoms with Gasteiger partial charge in [-0.2, -0.15) is 0 Å². The van der Waals surface area contributed by atoms with Gasteiger partial charge in [-0.05, 0) is 38.3 Å². The molecule has 4 heteroatoms. The van der Waals surface area contributed by atoms with Gasteiger partial charge in [0.15, 0.2) is 0 Å². The summed E-state index contributed by atoms with van der Waals surface area (Å²) < 4.78 is 17.6. The molecular formula is C14H19O3P. The van der Waals surface area contributed by atoms with Crippen LogP contribution in [0, 0.1) is 13.8 Å². The average Bonchev–Trinajstić information content (AvgIpc) is 2.75. The molecule has 1 aliphatic carbocycles. The Morgan fingerprint density at radius 3 is 2.39 bits per heavy atom. The number of fused-ring (bicyclic) bond motifs is 1. The van der Waals surface area contributed by atoms with Gasteiger partial charge in [-0.1, -0.05) is 30.5 Å². The molecule has 2 aliphatic rings. The van der Waals surface area contributed by atoms with Gasteiger partial charge in [0, 0.05) is 0 Å². The van der Waals surface area contributed by atoms with E-state index in [1.54, 1.807) is 0 Å². The molecule has 98 valence electrons. The molecule has 1 aliphatic heterocycles. The summed E-state index contributed by atoms with van der Waals surface area (Å²) in [4.78, 5) is 0. The van der Waals surface area contributed by atoms with Crippen molar-refractivity contribution in [1.82, 2.24) is 0 Å². The van der Waals surface area contributed by atoms with E-state index in [2.05, 4.69) is 26.0 Å². The maximum atomic E-state index is 5.87. The summed E-state index contributed by atoms with van der Waals surface area (Å²) in [7, 11) is -1.20. The second kappa shape index (κ2) is 5.16. The number of hydrogen-bond acceptors (Lipinski definition) is 3. The first-order valence-corrected chi connectivity index (χ1v) is 7.71. The Labute approximate surface area is 109 Å². The topological polar surface area (TPSA) is 27.7 Å². The van der Waals surface area contributed by atoms with Gasteiger partial charge in [-0.3, -0.25) is 9.05 Å². The summed E-state index contributed by atoms with van der Waals surface area (Å²) in [6.45, 7) is 4.14. The predicted molar refractivity (Wildman–Crippen MR) is 71.7 cm³/mol. The van der Waals surface area contributed by atoms with Crippen LogP contribution in [0.4, 0.5) is 0 Å². The van der Waals surface area contributed by atoms with Gasteiger partial charge < -0.3 is 4.52 Å². The highest BCUT2D eigenvalue weighted by molar-refractivity contribution is 7.42. The van der Waals surface area contributed by atoms with E-state index in [-0.39, 0.29) is 12.2 Å². The van der Waals surface area contributed by atoms with E-state index >= 15 is 0 Å². The molecule has 0 spiro atoms. The zero-order valence-electron chi connectivity index (χ0n) is 10.9. The van der Waals surface area contributed by atoms with E-state index in [1.807, 2.05) is 6.07 Å². The first-order valence-electron chi connectivity index (χ1n) is 6.61. The van der Waals surface area contributed by atoms with Crippen LogP contribution in [0.1, 0.15) is 36.8 Å². The van der Waals surface area contributed by atoms with Gasteiger partial charge in [-0.15, -0.1) is 0 Å². The molecule has 0 aromatic heterocycles. The van der Waals surface area contributed by atoms with Gasteiger partial charge >= 0.3 is 8.60 Å². The molecule has 0 amide bonds. The van der Waals surface area contributed by atoms with Crippen LogP contribution >= 0.6 is 8.60 Å². The Morgan fingerprint density at radius 2 is 1.78 bits per heavy atom. The fourth-order valence-corrected chi connectivity index (χ4v) is 4.00. The summed E-state index contributed by atoms with van der Waals surface area (Å²) >= 11 is 0. The lowest BCUT2D eigenvalue weighted by Gasteiger charge is -2.20. The van der Waals surface area contributed by atoms with E-state index in [1.165, 1.54) is 18.4 Å². The van der Waals surface area contributed by atoms with Crippen LogP contribution in [0.25, 0.3) is 0 Å². The van der Waals surface area contributed by atoms with Crippen molar-refractivity contribution >= 4 is 8.60 Å². The Hall–Kier alpha value is -0.630. The van der Waals surface area contributed by atoms with Crippen molar-refractivity contribution in [1.29, 1.82) is 0 Å². The van der Waals surface area contributed by atoms with E-state index in [0.717, 1.165) is 24.2 Å². The maximum Gasteiger partial charge on any atom is 0.397 e. The third-order valence-electron chi connectivity index (χ3n) is 3.59. The lowest BCUT2D eigenvalue weighted by Crippen LogP contribution is -2.25. The highest BCUT2D eigenvalue weighted by Gasteiger charge is 2.40. The number of aryl methyl sites for hydroxylation is 2. The predicted octanol–water partition coefficient (Wildman–Crippen LogP) is 4.27. The van der Waals surface area contributed by atoms with Gasteiger partial charge in [0.25, 0.3) is 0 Å². The average molecular weight is 266 g/mol.